The fraction of sp³-hybridized carbons (Fsp3) is 0.360. The van der Waals surface area contributed by atoms with Gasteiger partial charge in [0.2, 0.25) is 5.91 Å². The maximum Gasteiger partial charge on any atom is 0.261 e. The molecule has 1 aromatic heterocycles. The van der Waals surface area contributed by atoms with Crippen LogP contribution in [-0.2, 0) is 11.2 Å². The first-order valence-corrected chi connectivity index (χ1v) is 11.3. The molecule has 164 valence electrons. The minimum Gasteiger partial charge on any atom is -0.339 e. The molecule has 2 fully saturated rings. The molecule has 2 aliphatic rings. The number of hydrogen-bond acceptors (Lipinski definition) is 4. The van der Waals surface area contributed by atoms with Crippen LogP contribution < -0.4 is 10.9 Å². The summed E-state index contributed by atoms with van der Waals surface area (Å²) in [6.07, 6.45) is 4.68. The van der Waals surface area contributed by atoms with Crippen molar-refractivity contribution in [3.8, 4) is 0 Å². The number of anilines is 1. The molecule has 7 heteroatoms. The third-order valence-corrected chi connectivity index (χ3v) is 6.18. The van der Waals surface area contributed by atoms with Gasteiger partial charge in [0.05, 0.1) is 10.9 Å². The molecular formula is C25H26N4O3. The summed E-state index contributed by atoms with van der Waals surface area (Å²) < 4.78 is 1.77. The quantitative estimate of drug-likeness (QED) is 0.648. The van der Waals surface area contributed by atoms with Gasteiger partial charge >= 0.3 is 0 Å². The van der Waals surface area contributed by atoms with Gasteiger partial charge in [0.1, 0.15) is 5.82 Å². The van der Waals surface area contributed by atoms with Crippen molar-refractivity contribution in [3.63, 3.8) is 0 Å². The number of nitrogens with one attached hydrogen (secondary N) is 1. The highest BCUT2D eigenvalue weighted by molar-refractivity contribution is 5.96. The molecule has 2 amide bonds. The van der Waals surface area contributed by atoms with Crippen LogP contribution in [0.2, 0.25) is 0 Å². The van der Waals surface area contributed by atoms with Crippen LogP contribution in [-0.4, -0.2) is 39.4 Å². The Kier molecular flexibility index (Phi) is 5.47. The molecule has 0 bridgehead atoms. The van der Waals surface area contributed by atoms with E-state index in [1.807, 2.05) is 23.1 Å². The number of likely N-dealkylation sites (tertiary alicyclic amines) is 1. The summed E-state index contributed by atoms with van der Waals surface area (Å²) in [4.78, 5) is 44.5. The zero-order valence-corrected chi connectivity index (χ0v) is 17.9. The van der Waals surface area contributed by atoms with Crippen molar-refractivity contribution in [1.82, 2.24) is 14.5 Å². The number of rotatable bonds is 6. The number of benzene rings is 2. The van der Waals surface area contributed by atoms with Gasteiger partial charge in [-0.2, -0.15) is 0 Å². The minimum absolute atomic E-state index is 0.0215. The lowest BCUT2D eigenvalue weighted by Crippen LogP contribution is -2.27. The monoisotopic (exact) mass is 430 g/mol. The van der Waals surface area contributed by atoms with Gasteiger partial charge in [-0.05, 0) is 62.1 Å². The Balaban J connectivity index is 1.25. The molecule has 5 rings (SSSR count). The number of amides is 2. The summed E-state index contributed by atoms with van der Waals surface area (Å²) in [6.45, 7) is 1.62. The first-order chi connectivity index (χ1) is 15.6. The molecule has 1 aliphatic heterocycles. The van der Waals surface area contributed by atoms with E-state index in [2.05, 4.69) is 10.3 Å². The topological polar surface area (TPSA) is 84.3 Å². The SMILES string of the molecule is O=C(CCc1nc2ccccc2c(=O)n1C1CC1)Nc1ccc(C(=O)N2CCCC2)cc1. The second-order valence-electron chi connectivity index (χ2n) is 8.58. The molecule has 0 spiro atoms. The van der Waals surface area contributed by atoms with E-state index in [4.69, 9.17) is 0 Å². The smallest absolute Gasteiger partial charge is 0.261 e. The molecule has 1 saturated heterocycles. The zero-order chi connectivity index (χ0) is 22.1. The molecule has 0 unspecified atom stereocenters. The van der Waals surface area contributed by atoms with E-state index in [1.165, 1.54) is 0 Å². The summed E-state index contributed by atoms with van der Waals surface area (Å²) in [7, 11) is 0. The molecule has 7 nitrogen and oxygen atoms in total. The van der Waals surface area contributed by atoms with Gasteiger partial charge < -0.3 is 10.2 Å². The number of carbonyl (C=O) groups is 2. The van der Waals surface area contributed by atoms with Gasteiger partial charge in [-0.15, -0.1) is 0 Å². The molecule has 1 saturated carbocycles. The number of para-hydroxylation sites is 1. The Morgan fingerprint density at radius 1 is 1.00 bits per heavy atom. The lowest BCUT2D eigenvalue weighted by molar-refractivity contribution is -0.116. The van der Waals surface area contributed by atoms with Gasteiger partial charge in [-0.1, -0.05) is 12.1 Å². The summed E-state index contributed by atoms with van der Waals surface area (Å²) in [5, 5.41) is 3.51. The van der Waals surface area contributed by atoms with Crippen LogP contribution in [0.1, 0.15) is 54.3 Å². The first kappa shape index (κ1) is 20.4. The molecule has 32 heavy (non-hydrogen) atoms. The summed E-state index contributed by atoms with van der Waals surface area (Å²) >= 11 is 0. The number of aromatic nitrogens is 2. The van der Waals surface area contributed by atoms with Crippen LogP contribution in [0.5, 0.6) is 0 Å². The number of aryl methyl sites for hydroxylation is 1. The van der Waals surface area contributed by atoms with Crippen LogP contribution in [0, 0.1) is 0 Å². The molecule has 1 aliphatic carbocycles. The maximum absolute atomic E-state index is 12.9. The Bertz CT molecular complexity index is 1220. The van der Waals surface area contributed by atoms with Crippen LogP contribution in [0.3, 0.4) is 0 Å². The van der Waals surface area contributed by atoms with Crippen molar-refractivity contribution in [2.24, 2.45) is 0 Å². The Morgan fingerprint density at radius 2 is 1.72 bits per heavy atom. The minimum atomic E-state index is -0.145. The van der Waals surface area contributed by atoms with E-state index < -0.39 is 0 Å². The van der Waals surface area contributed by atoms with Crippen LogP contribution in [0.4, 0.5) is 5.69 Å². The summed E-state index contributed by atoms with van der Waals surface area (Å²) in [6, 6.07) is 14.6. The lowest BCUT2D eigenvalue weighted by Gasteiger charge is -2.15. The zero-order valence-electron chi connectivity index (χ0n) is 17.9. The molecule has 3 aromatic rings. The maximum atomic E-state index is 12.9. The molecule has 2 aromatic carbocycles. The Labute approximate surface area is 186 Å². The van der Waals surface area contributed by atoms with E-state index in [0.29, 0.717) is 34.4 Å². The third-order valence-electron chi connectivity index (χ3n) is 6.18. The normalized spacial score (nSPS) is 15.8. The summed E-state index contributed by atoms with van der Waals surface area (Å²) in [5.41, 5.74) is 1.94. The van der Waals surface area contributed by atoms with E-state index in [-0.39, 0.29) is 29.8 Å². The molecular weight excluding hydrogens is 404 g/mol. The Morgan fingerprint density at radius 3 is 2.44 bits per heavy atom. The Hall–Kier alpha value is -3.48. The highest BCUT2D eigenvalue weighted by Gasteiger charge is 2.28. The fourth-order valence-electron chi connectivity index (χ4n) is 4.33. The molecule has 2 heterocycles. The van der Waals surface area contributed by atoms with Crippen LogP contribution in [0.15, 0.2) is 53.3 Å². The molecule has 0 atom stereocenters. The highest BCUT2D eigenvalue weighted by Crippen LogP contribution is 2.35. The van der Waals surface area contributed by atoms with Crippen molar-refractivity contribution in [1.29, 1.82) is 0 Å². The fourth-order valence-corrected chi connectivity index (χ4v) is 4.33. The van der Waals surface area contributed by atoms with Gasteiger partial charge in [0.25, 0.3) is 11.5 Å². The number of carbonyl (C=O) groups excluding carboxylic acids is 2. The molecule has 0 radical (unpaired) electrons. The van der Waals surface area contributed by atoms with E-state index >= 15 is 0 Å². The van der Waals surface area contributed by atoms with Crippen molar-refractivity contribution < 1.29 is 9.59 Å². The standard InChI is InChI=1S/C25H26N4O3/c30-23(26-18-9-7-17(8-10-18)24(31)28-15-3-4-16-28)14-13-22-27-21-6-2-1-5-20(21)25(32)29(22)19-11-12-19/h1-2,5-10,19H,3-4,11-16H2,(H,26,30). The average molecular weight is 431 g/mol. The second kappa shape index (κ2) is 8.57. The van der Waals surface area contributed by atoms with Crippen molar-refractivity contribution in [2.75, 3.05) is 18.4 Å². The highest BCUT2D eigenvalue weighted by atomic mass is 16.2. The van der Waals surface area contributed by atoms with E-state index in [1.54, 1.807) is 34.9 Å². The van der Waals surface area contributed by atoms with Crippen LogP contribution >= 0.6 is 0 Å². The third kappa shape index (κ3) is 4.15. The van der Waals surface area contributed by atoms with Crippen LogP contribution in [0.25, 0.3) is 10.9 Å². The number of hydrogen-bond donors (Lipinski definition) is 1. The number of fused-ring (bicyclic) bond motifs is 1. The van der Waals surface area contributed by atoms with Crippen molar-refractivity contribution in [3.05, 3.63) is 70.3 Å². The van der Waals surface area contributed by atoms with Gasteiger partial charge in [-0.3, -0.25) is 19.0 Å². The molecule has 1 N–H and O–H groups in total. The predicted octanol–water partition coefficient (Wildman–Crippen LogP) is 3.54. The van der Waals surface area contributed by atoms with Crippen molar-refractivity contribution >= 4 is 28.4 Å². The van der Waals surface area contributed by atoms with Gasteiger partial charge in [-0.25, -0.2) is 4.98 Å². The van der Waals surface area contributed by atoms with Gasteiger partial charge in [0.15, 0.2) is 0 Å². The van der Waals surface area contributed by atoms with E-state index in [0.717, 1.165) is 38.8 Å². The second-order valence-corrected chi connectivity index (χ2v) is 8.58. The van der Waals surface area contributed by atoms with Crippen molar-refractivity contribution in [2.45, 2.75) is 44.6 Å². The average Bonchev–Trinajstić information content (AvgIpc) is 3.49. The number of nitrogens with zero attached hydrogens (tertiary/aromatic N) is 3. The first-order valence-electron chi connectivity index (χ1n) is 11.3. The van der Waals surface area contributed by atoms with Gasteiger partial charge in [0, 0.05) is 43.2 Å². The predicted molar refractivity (Wildman–Crippen MR) is 123 cm³/mol. The largest absolute Gasteiger partial charge is 0.339 e. The summed E-state index contributed by atoms with van der Waals surface area (Å²) in [5.74, 6) is 0.562. The van der Waals surface area contributed by atoms with E-state index in [9.17, 15) is 14.4 Å². The lowest BCUT2D eigenvalue weighted by atomic mass is 10.1.